The van der Waals surface area contributed by atoms with E-state index >= 15 is 0 Å². The molecule has 3 nitrogen and oxygen atoms in total. The fraction of sp³-hybridized carbons (Fsp3) is 0.625. The Hall–Kier alpha value is -1.04. The molecule has 2 unspecified atom stereocenters. The summed E-state index contributed by atoms with van der Waals surface area (Å²) in [6, 6.07) is 4.10. The van der Waals surface area contributed by atoms with Crippen molar-refractivity contribution in [1.82, 2.24) is 10.2 Å². The Balaban J connectivity index is 1.42. The van der Waals surface area contributed by atoms with E-state index in [-0.39, 0.29) is 5.56 Å². The lowest BCUT2D eigenvalue weighted by Gasteiger charge is -2.17. The molecule has 1 aromatic rings. The molecule has 1 heterocycles. The minimum Gasteiger partial charge on any atom is -0.387 e. The summed E-state index contributed by atoms with van der Waals surface area (Å²) in [5.41, 5.74) is 0.148. The zero-order chi connectivity index (χ0) is 14.8. The van der Waals surface area contributed by atoms with Crippen molar-refractivity contribution in [3.8, 4) is 0 Å². The molecule has 0 spiro atoms. The number of aliphatic hydroxyl groups excluding tert-OH is 1. The van der Waals surface area contributed by atoms with E-state index in [0.29, 0.717) is 12.5 Å². The summed E-state index contributed by atoms with van der Waals surface area (Å²) >= 11 is 0. The van der Waals surface area contributed by atoms with Crippen molar-refractivity contribution in [1.29, 1.82) is 0 Å². The standard InChI is InChI=1S/C16H22F2N2O/c17-12-1-4-14(15(18)7-12)16(21)9-19-8-11-5-6-20(10-11)13-2-3-13/h1,4,7,11,13,16,19,21H,2-3,5-6,8-10H2. The second-order valence-electron chi connectivity index (χ2n) is 6.22. The van der Waals surface area contributed by atoms with Gasteiger partial charge in [0, 0.05) is 30.8 Å². The van der Waals surface area contributed by atoms with Gasteiger partial charge in [-0.15, -0.1) is 0 Å². The van der Waals surface area contributed by atoms with Crippen molar-refractivity contribution in [2.75, 3.05) is 26.2 Å². The van der Waals surface area contributed by atoms with Crippen LogP contribution in [0.4, 0.5) is 8.78 Å². The Morgan fingerprint density at radius 2 is 2.10 bits per heavy atom. The molecule has 1 aliphatic carbocycles. The van der Waals surface area contributed by atoms with Crippen LogP contribution in [0.25, 0.3) is 0 Å². The van der Waals surface area contributed by atoms with E-state index in [1.807, 2.05) is 0 Å². The van der Waals surface area contributed by atoms with E-state index in [9.17, 15) is 13.9 Å². The number of hydrogen-bond acceptors (Lipinski definition) is 3. The van der Waals surface area contributed by atoms with Gasteiger partial charge in [0.1, 0.15) is 11.6 Å². The molecule has 1 saturated carbocycles. The number of nitrogens with one attached hydrogen (secondary N) is 1. The van der Waals surface area contributed by atoms with E-state index in [1.165, 1.54) is 37.9 Å². The molecule has 2 fully saturated rings. The predicted molar refractivity (Wildman–Crippen MR) is 76.9 cm³/mol. The summed E-state index contributed by atoms with van der Waals surface area (Å²) in [4.78, 5) is 2.54. The first-order valence-corrected chi connectivity index (χ1v) is 7.71. The first kappa shape index (κ1) is 14.9. The molecule has 1 saturated heterocycles. The highest BCUT2D eigenvalue weighted by Gasteiger charge is 2.34. The van der Waals surface area contributed by atoms with Crippen molar-refractivity contribution >= 4 is 0 Å². The first-order valence-electron chi connectivity index (χ1n) is 7.71. The van der Waals surface area contributed by atoms with E-state index in [4.69, 9.17) is 0 Å². The third-order valence-electron chi connectivity index (χ3n) is 4.47. The highest BCUT2D eigenvalue weighted by atomic mass is 19.1. The van der Waals surface area contributed by atoms with E-state index in [0.717, 1.165) is 25.2 Å². The molecule has 0 bridgehead atoms. The van der Waals surface area contributed by atoms with Gasteiger partial charge in [-0.25, -0.2) is 8.78 Å². The maximum Gasteiger partial charge on any atom is 0.131 e. The van der Waals surface area contributed by atoms with Crippen LogP contribution in [0, 0.1) is 17.6 Å². The molecule has 0 radical (unpaired) electrons. The highest BCUT2D eigenvalue weighted by Crippen LogP contribution is 2.31. The molecule has 5 heteroatoms. The van der Waals surface area contributed by atoms with Crippen LogP contribution in [0.15, 0.2) is 18.2 Å². The summed E-state index contributed by atoms with van der Waals surface area (Å²) in [5.74, 6) is -0.705. The second-order valence-corrected chi connectivity index (χ2v) is 6.22. The largest absolute Gasteiger partial charge is 0.387 e. The number of likely N-dealkylation sites (tertiary alicyclic amines) is 1. The molecule has 2 atom stereocenters. The van der Waals surface area contributed by atoms with E-state index in [1.54, 1.807) is 0 Å². The summed E-state index contributed by atoms with van der Waals surface area (Å²) < 4.78 is 26.4. The quantitative estimate of drug-likeness (QED) is 0.843. The molecule has 21 heavy (non-hydrogen) atoms. The topological polar surface area (TPSA) is 35.5 Å². The Morgan fingerprint density at radius 3 is 2.81 bits per heavy atom. The number of rotatable bonds is 6. The maximum atomic E-state index is 13.5. The Kier molecular flexibility index (Phi) is 4.52. The molecule has 1 aromatic carbocycles. The summed E-state index contributed by atoms with van der Waals surface area (Å²) in [5, 5.41) is 13.2. The fourth-order valence-electron chi connectivity index (χ4n) is 3.11. The number of benzene rings is 1. The second kappa shape index (κ2) is 6.38. The van der Waals surface area contributed by atoms with Gasteiger partial charge in [-0.1, -0.05) is 6.07 Å². The van der Waals surface area contributed by atoms with Gasteiger partial charge >= 0.3 is 0 Å². The van der Waals surface area contributed by atoms with Gasteiger partial charge < -0.3 is 15.3 Å². The molecule has 2 aliphatic rings. The van der Waals surface area contributed by atoms with Gasteiger partial charge in [0.2, 0.25) is 0 Å². The van der Waals surface area contributed by atoms with Crippen LogP contribution >= 0.6 is 0 Å². The van der Waals surface area contributed by atoms with Crippen LogP contribution in [-0.2, 0) is 0 Å². The summed E-state index contributed by atoms with van der Waals surface area (Å²) in [7, 11) is 0. The number of nitrogens with zero attached hydrogens (tertiary/aromatic N) is 1. The zero-order valence-electron chi connectivity index (χ0n) is 12.1. The molecule has 0 amide bonds. The van der Waals surface area contributed by atoms with Gasteiger partial charge in [-0.2, -0.15) is 0 Å². The molecule has 116 valence electrons. The van der Waals surface area contributed by atoms with Crippen LogP contribution < -0.4 is 5.32 Å². The predicted octanol–water partition coefficient (Wildman–Crippen LogP) is 2.07. The molecular formula is C16H22F2N2O. The molecule has 1 aliphatic heterocycles. The number of hydrogen-bond donors (Lipinski definition) is 2. The molecular weight excluding hydrogens is 274 g/mol. The molecule has 3 rings (SSSR count). The Labute approximate surface area is 124 Å². The van der Waals surface area contributed by atoms with Crippen LogP contribution in [0.3, 0.4) is 0 Å². The van der Waals surface area contributed by atoms with Crippen molar-refractivity contribution in [3.05, 3.63) is 35.4 Å². The van der Waals surface area contributed by atoms with Crippen molar-refractivity contribution in [3.63, 3.8) is 0 Å². The van der Waals surface area contributed by atoms with Crippen LogP contribution in [-0.4, -0.2) is 42.2 Å². The number of aliphatic hydroxyl groups is 1. The van der Waals surface area contributed by atoms with Crippen LogP contribution in [0.2, 0.25) is 0 Å². The number of halogens is 2. The van der Waals surface area contributed by atoms with Crippen LogP contribution in [0.1, 0.15) is 30.9 Å². The minimum absolute atomic E-state index is 0.148. The van der Waals surface area contributed by atoms with E-state index < -0.39 is 17.7 Å². The average Bonchev–Trinajstić information content (AvgIpc) is 3.19. The summed E-state index contributed by atoms with van der Waals surface area (Å²) in [6.45, 7) is 3.43. The van der Waals surface area contributed by atoms with Crippen molar-refractivity contribution < 1.29 is 13.9 Å². The highest BCUT2D eigenvalue weighted by molar-refractivity contribution is 5.21. The molecule has 0 aromatic heterocycles. The Morgan fingerprint density at radius 1 is 1.29 bits per heavy atom. The monoisotopic (exact) mass is 296 g/mol. The smallest absolute Gasteiger partial charge is 0.131 e. The first-order chi connectivity index (χ1) is 10.1. The van der Waals surface area contributed by atoms with Gasteiger partial charge in [-0.05, 0) is 44.3 Å². The minimum atomic E-state index is -0.938. The lowest BCUT2D eigenvalue weighted by atomic mass is 10.1. The van der Waals surface area contributed by atoms with Gasteiger partial charge in [-0.3, -0.25) is 0 Å². The summed E-state index contributed by atoms with van der Waals surface area (Å²) in [6.07, 6.45) is 2.92. The van der Waals surface area contributed by atoms with Crippen molar-refractivity contribution in [2.45, 2.75) is 31.4 Å². The normalized spacial score (nSPS) is 24.4. The lowest BCUT2D eigenvalue weighted by molar-refractivity contribution is 0.168. The van der Waals surface area contributed by atoms with Gasteiger partial charge in [0.05, 0.1) is 6.10 Å². The third-order valence-corrected chi connectivity index (χ3v) is 4.47. The molecule has 2 N–H and O–H groups in total. The lowest BCUT2D eigenvalue weighted by Crippen LogP contribution is -2.30. The van der Waals surface area contributed by atoms with Gasteiger partial charge in [0.25, 0.3) is 0 Å². The maximum absolute atomic E-state index is 13.5. The van der Waals surface area contributed by atoms with Crippen molar-refractivity contribution in [2.24, 2.45) is 5.92 Å². The van der Waals surface area contributed by atoms with E-state index in [2.05, 4.69) is 10.2 Å². The zero-order valence-corrected chi connectivity index (χ0v) is 12.1. The van der Waals surface area contributed by atoms with Gasteiger partial charge in [0.15, 0.2) is 0 Å². The van der Waals surface area contributed by atoms with Crippen LogP contribution in [0.5, 0.6) is 0 Å². The fourth-order valence-corrected chi connectivity index (χ4v) is 3.11. The SMILES string of the molecule is OC(CNCC1CCN(C2CC2)C1)c1ccc(F)cc1F. The third kappa shape index (κ3) is 3.78. The Bertz CT molecular complexity index is 493. The average molecular weight is 296 g/mol.